The lowest BCUT2D eigenvalue weighted by atomic mass is 9.91. The highest BCUT2D eigenvalue weighted by atomic mass is 16.1. The number of aromatic nitrogens is 4. The van der Waals surface area contributed by atoms with Gasteiger partial charge in [-0.05, 0) is 55.3 Å². The number of fused-ring (bicyclic) bond motifs is 1. The number of pyridine rings is 2. The Hall–Kier alpha value is -3.65. The molecule has 0 unspecified atom stereocenters. The van der Waals surface area contributed by atoms with Gasteiger partial charge < -0.3 is 15.2 Å². The van der Waals surface area contributed by atoms with Gasteiger partial charge in [0.1, 0.15) is 6.33 Å². The quantitative estimate of drug-likeness (QED) is 0.493. The number of benzene rings is 1. The number of nitrogens with zero attached hydrogens (tertiary/aromatic N) is 5. The van der Waals surface area contributed by atoms with Gasteiger partial charge in [0.25, 0.3) is 0 Å². The number of anilines is 3. The van der Waals surface area contributed by atoms with Crippen LogP contribution in [0.2, 0.25) is 0 Å². The van der Waals surface area contributed by atoms with Crippen molar-refractivity contribution in [3.05, 3.63) is 71.4 Å². The van der Waals surface area contributed by atoms with E-state index in [4.69, 9.17) is 0 Å². The molecule has 0 amide bonds. The lowest BCUT2D eigenvalue weighted by Crippen LogP contribution is -2.52. The lowest BCUT2D eigenvalue weighted by Gasteiger charge is -2.43. The van der Waals surface area contributed by atoms with Crippen molar-refractivity contribution in [1.29, 1.82) is 0 Å². The second kappa shape index (κ2) is 8.37. The molecule has 8 nitrogen and oxygen atoms in total. The van der Waals surface area contributed by atoms with Crippen LogP contribution in [0.1, 0.15) is 19.3 Å². The molecule has 1 aromatic carbocycles. The van der Waals surface area contributed by atoms with E-state index in [1.165, 1.54) is 31.3 Å². The maximum atomic E-state index is 11.7. The predicted octanol–water partition coefficient (Wildman–Crippen LogP) is 3.50. The molecule has 8 heteroatoms. The normalized spacial score (nSPS) is 17.3. The molecule has 33 heavy (non-hydrogen) atoms. The molecule has 0 spiro atoms. The van der Waals surface area contributed by atoms with Crippen LogP contribution in [-0.2, 0) is 0 Å². The Kier molecular flexibility index (Phi) is 5.07. The first-order valence-electron chi connectivity index (χ1n) is 11.6. The van der Waals surface area contributed by atoms with E-state index in [0.29, 0.717) is 5.65 Å². The molecule has 1 saturated heterocycles. The van der Waals surface area contributed by atoms with Gasteiger partial charge in [0.05, 0.1) is 11.4 Å². The maximum Gasteiger partial charge on any atom is 0.248 e. The molecule has 2 fully saturated rings. The minimum Gasteiger partial charge on any atom is -0.369 e. The first kappa shape index (κ1) is 20.0. The topological polar surface area (TPSA) is 81.6 Å². The highest BCUT2D eigenvalue weighted by Crippen LogP contribution is 2.29. The van der Waals surface area contributed by atoms with Crippen LogP contribution >= 0.6 is 0 Å². The Morgan fingerprint density at radius 2 is 1.79 bits per heavy atom. The SMILES string of the molecule is O=c1cc(-c2ccc(Nc3ccc(N4CCN(C5CCC5)CC4)cc3)c3ncnn23)cc[nH]1. The summed E-state index contributed by atoms with van der Waals surface area (Å²) < 4.78 is 1.76. The van der Waals surface area contributed by atoms with Crippen LogP contribution in [0.3, 0.4) is 0 Å². The zero-order valence-corrected chi connectivity index (χ0v) is 18.4. The molecule has 1 saturated carbocycles. The highest BCUT2D eigenvalue weighted by molar-refractivity contribution is 5.77. The summed E-state index contributed by atoms with van der Waals surface area (Å²) in [5, 5.41) is 7.85. The average molecular weight is 442 g/mol. The van der Waals surface area contributed by atoms with Crippen molar-refractivity contribution in [3.63, 3.8) is 0 Å². The zero-order chi connectivity index (χ0) is 22.2. The van der Waals surface area contributed by atoms with Crippen LogP contribution in [0.5, 0.6) is 0 Å². The van der Waals surface area contributed by atoms with Crippen LogP contribution in [0, 0.1) is 0 Å². The Morgan fingerprint density at radius 1 is 0.970 bits per heavy atom. The van der Waals surface area contributed by atoms with Crippen molar-refractivity contribution < 1.29 is 0 Å². The van der Waals surface area contributed by atoms with Gasteiger partial charge in [0.2, 0.25) is 5.56 Å². The summed E-state index contributed by atoms with van der Waals surface area (Å²) in [6, 6.07) is 16.8. The summed E-state index contributed by atoms with van der Waals surface area (Å²) in [6.07, 6.45) is 7.33. The zero-order valence-electron chi connectivity index (χ0n) is 18.4. The summed E-state index contributed by atoms with van der Waals surface area (Å²) in [6.45, 7) is 4.51. The van der Waals surface area contributed by atoms with Gasteiger partial charge in [0.15, 0.2) is 5.65 Å². The molecule has 6 rings (SSSR count). The van der Waals surface area contributed by atoms with Crippen LogP contribution in [-0.4, -0.2) is 56.7 Å². The van der Waals surface area contributed by atoms with E-state index in [9.17, 15) is 4.79 Å². The number of nitrogens with one attached hydrogen (secondary N) is 2. The van der Waals surface area contributed by atoms with Crippen molar-refractivity contribution in [2.75, 3.05) is 36.4 Å². The average Bonchev–Trinajstić information content (AvgIpc) is 3.30. The minimum absolute atomic E-state index is 0.146. The van der Waals surface area contributed by atoms with Crippen molar-refractivity contribution in [1.82, 2.24) is 24.5 Å². The first-order chi connectivity index (χ1) is 16.2. The second-order valence-electron chi connectivity index (χ2n) is 8.85. The van der Waals surface area contributed by atoms with Crippen LogP contribution < -0.4 is 15.8 Å². The van der Waals surface area contributed by atoms with E-state index in [0.717, 1.165) is 54.9 Å². The number of piperazine rings is 1. The Balaban J connectivity index is 1.18. The molecule has 168 valence electrons. The fourth-order valence-electron chi connectivity index (χ4n) is 4.84. The van der Waals surface area contributed by atoms with E-state index in [1.54, 1.807) is 16.8 Å². The van der Waals surface area contributed by atoms with Crippen molar-refractivity contribution >= 4 is 22.7 Å². The Bertz CT molecular complexity index is 1310. The van der Waals surface area contributed by atoms with Crippen molar-refractivity contribution in [3.8, 4) is 11.3 Å². The van der Waals surface area contributed by atoms with Gasteiger partial charge in [-0.1, -0.05) is 6.42 Å². The van der Waals surface area contributed by atoms with Gasteiger partial charge in [-0.15, -0.1) is 0 Å². The number of aromatic amines is 1. The molecule has 0 atom stereocenters. The molecule has 4 aromatic rings. The Labute approximate surface area is 191 Å². The van der Waals surface area contributed by atoms with Crippen LogP contribution in [0.15, 0.2) is 65.8 Å². The third-order valence-corrected chi connectivity index (χ3v) is 6.91. The summed E-state index contributed by atoms with van der Waals surface area (Å²) in [4.78, 5) is 24.0. The molecular formula is C25H27N7O. The van der Waals surface area contributed by atoms with Gasteiger partial charge in [-0.25, -0.2) is 9.50 Å². The fraction of sp³-hybridized carbons (Fsp3) is 0.320. The third-order valence-electron chi connectivity index (χ3n) is 6.91. The van der Waals surface area contributed by atoms with Gasteiger partial charge >= 0.3 is 0 Å². The summed E-state index contributed by atoms with van der Waals surface area (Å²) in [5.74, 6) is 0. The highest BCUT2D eigenvalue weighted by Gasteiger charge is 2.27. The fourth-order valence-corrected chi connectivity index (χ4v) is 4.84. The smallest absolute Gasteiger partial charge is 0.248 e. The van der Waals surface area contributed by atoms with Gasteiger partial charge in [-0.3, -0.25) is 9.69 Å². The van der Waals surface area contributed by atoms with Crippen LogP contribution in [0.4, 0.5) is 17.1 Å². The molecule has 1 aliphatic heterocycles. The van der Waals surface area contributed by atoms with E-state index in [-0.39, 0.29) is 5.56 Å². The maximum absolute atomic E-state index is 11.7. The van der Waals surface area contributed by atoms with E-state index >= 15 is 0 Å². The monoisotopic (exact) mass is 441 g/mol. The Morgan fingerprint density at radius 3 is 2.52 bits per heavy atom. The van der Waals surface area contributed by atoms with Crippen molar-refractivity contribution in [2.24, 2.45) is 0 Å². The predicted molar refractivity (Wildman–Crippen MR) is 130 cm³/mol. The molecular weight excluding hydrogens is 414 g/mol. The van der Waals surface area contributed by atoms with E-state index in [2.05, 4.69) is 54.4 Å². The summed E-state index contributed by atoms with van der Waals surface area (Å²) in [7, 11) is 0. The van der Waals surface area contributed by atoms with Crippen molar-refractivity contribution in [2.45, 2.75) is 25.3 Å². The van der Waals surface area contributed by atoms with E-state index < -0.39 is 0 Å². The molecule has 3 aromatic heterocycles. The number of H-pyrrole nitrogens is 1. The van der Waals surface area contributed by atoms with Gasteiger partial charge in [-0.2, -0.15) is 5.10 Å². The molecule has 2 aliphatic rings. The van der Waals surface area contributed by atoms with E-state index in [1.807, 2.05) is 18.2 Å². The summed E-state index contributed by atoms with van der Waals surface area (Å²) >= 11 is 0. The van der Waals surface area contributed by atoms with Gasteiger partial charge in [0, 0.05) is 61.4 Å². The minimum atomic E-state index is -0.146. The first-order valence-corrected chi connectivity index (χ1v) is 11.6. The third kappa shape index (κ3) is 3.87. The number of rotatable bonds is 5. The standard InChI is InChI=1S/C25H27N7O/c33-24-16-18(10-11-26-24)23-9-8-22(25-27-17-28-32(23)25)29-19-4-6-21(7-5-19)31-14-12-30(13-15-31)20-2-1-3-20/h4-11,16-17,20,29H,1-3,12-15H2,(H,26,33). The second-order valence-corrected chi connectivity index (χ2v) is 8.85. The molecule has 0 bridgehead atoms. The number of hydrogen-bond acceptors (Lipinski definition) is 6. The van der Waals surface area contributed by atoms with Crippen LogP contribution in [0.25, 0.3) is 16.9 Å². The summed E-state index contributed by atoms with van der Waals surface area (Å²) in [5.41, 5.74) is 5.31. The molecule has 0 radical (unpaired) electrons. The largest absolute Gasteiger partial charge is 0.369 e. The lowest BCUT2D eigenvalue weighted by molar-refractivity contribution is 0.120. The number of hydrogen-bond donors (Lipinski definition) is 2. The molecule has 2 N–H and O–H groups in total. The molecule has 1 aliphatic carbocycles. The molecule has 4 heterocycles.